The first-order chi connectivity index (χ1) is 13.6. The molecule has 0 amide bonds. The molecule has 152 valence electrons. The molecule has 0 aliphatic rings. The van der Waals surface area contributed by atoms with Crippen molar-refractivity contribution in [1.82, 2.24) is 19.4 Å². The summed E-state index contributed by atoms with van der Waals surface area (Å²) >= 11 is 0.297. The third kappa shape index (κ3) is 4.23. The van der Waals surface area contributed by atoms with Gasteiger partial charge in [0.05, 0.1) is 22.1 Å². The minimum absolute atomic E-state index is 0.0284. The summed E-state index contributed by atoms with van der Waals surface area (Å²) in [5, 5.41) is 9.47. The SMILES string of the molecule is CCS(=O)(=O)c1cc(C(C)(C)C#N)cnc1-c1cn2cnc(SC(F)F)cc2n1. The molecule has 3 heterocycles. The molecular formula is C18H17F2N5O2S2. The van der Waals surface area contributed by atoms with Gasteiger partial charge < -0.3 is 0 Å². The predicted octanol–water partition coefficient (Wildman–Crippen LogP) is 3.70. The molecule has 0 N–H and O–H groups in total. The molecule has 0 aromatic carbocycles. The fourth-order valence-electron chi connectivity index (χ4n) is 2.58. The van der Waals surface area contributed by atoms with Crippen LogP contribution in [0.1, 0.15) is 26.3 Å². The molecule has 3 aromatic rings. The highest BCUT2D eigenvalue weighted by molar-refractivity contribution is 7.99. The first-order valence-corrected chi connectivity index (χ1v) is 11.0. The smallest absolute Gasteiger partial charge is 0.290 e. The summed E-state index contributed by atoms with van der Waals surface area (Å²) < 4.78 is 52.0. The van der Waals surface area contributed by atoms with Crippen LogP contribution < -0.4 is 0 Å². The molecule has 3 rings (SSSR count). The number of hydrogen-bond donors (Lipinski definition) is 0. The van der Waals surface area contributed by atoms with E-state index >= 15 is 0 Å². The number of halogens is 2. The summed E-state index contributed by atoms with van der Waals surface area (Å²) in [5.41, 5.74) is 0.279. The third-order valence-corrected chi connectivity index (χ3v) is 6.73. The largest absolute Gasteiger partial charge is 0.290 e. The highest BCUT2D eigenvalue weighted by Gasteiger charge is 2.27. The van der Waals surface area contributed by atoms with Gasteiger partial charge in [0.15, 0.2) is 9.84 Å². The molecule has 0 saturated heterocycles. The first kappa shape index (κ1) is 21.1. The molecule has 0 aliphatic heterocycles. The Bertz CT molecular complexity index is 1220. The van der Waals surface area contributed by atoms with Crippen molar-refractivity contribution < 1.29 is 17.2 Å². The molecule has 0 unspecified atom stereocenters. The predicted molar refractivity (Wildman–Crippen MR) is 104 cm³/mol. The number of imidazole rings is 1. The fraction of sp³-hybridized carbons (Fsp3) is 0.333. The normalized spacial score (nSPS) is 12.4. The van der Waals surface area contributed by atoms with Gasteiger partial charge in [-0.15, -0.1) is 0 Å². The molecule has 0 atom stereocenters. The Morgan fingerprint density at radius 2 is 2.03 bits per heavy atom. The number of sulfone groups is 1. The lowest BCUT2D eigenvalue weighted by molar-refractivity contribution is 0.252. The van der Waals surface area contributed by atoms with Gasteiger partial charge in [0.25, 0.3) is 5.76 Å². The second-order valence-electron chi connectivity index (χ2n) is 6.71. The zero-order valence-corrected chi connectivity index (χ0v) is 17.4. The maximum absolute atomic E-state index is 12.7. The lowest BCUT2D eigenvalue weighted by atomic mass is 9.87. The van der Waals surface area contributed by atoms with Crippen molar-refractivity contribution in [3.63, 3.8) is 0 Å². The number of rotatable bonds is 6. The molecule has 0 spiro atoms. The van der Waals surface area contributed by atoms with E-state index < -0.39 is 21.0 Å². The fourth-order valence-corrected chi connectivity index (χ4v) is 4.11. The summed E-state index contributed by atoms with van der Waals surface area (Å²) in [6.07, 6.45) is 4.32. The van der Waals surface area contributed by atoms with E-state index in [1.165, 1.54) is 42.2 Å². The van der Waals surface area contributed by atoms with Gasteiger partial charge >= 0.3 is 0 Å². The molecule has 3 aromatic heterocycles. The molecule has 0 aliphatic carbocycles. The molecule has 0 radical (unpaired) electrons. The van der Waals surface area contributed by atoms with E-state index in [9.17, 15) is 22.5 Å². The molecule has 11 heteroatoms. The van der Waals surface area contributed by atoms with E-state index in [2.05, 4.69) is 21.0 Å². The van der Waals surface area contributed by atoms with Gasteiger partial charge in [-0.2, -0.15) is 14.0 Å². The van der Waals surface area contributed by atoms with Gasteiger partial charge in [0.2, 0.25) is 0 Å². The summed E-state index contributed by atoms with van der Waals surface area (Å²) in [5.74, 6) is -2.76. The van der Waals surface area contributed by atoms with Crippen LogP contribution >= 0.6 is 11.8 Å². The Hall–Kier alpha value is -2.58. The van der Waals surface area contributed by atoms with Crippen LogP contribution in [-0.2, 0) is 15.3 Å². The number of nitriles is 1. The van der Waals surface area contributed by atoms with Gasteiger partial charge in [-0.1, -0.05) is 6.92 Å². The van der Waals surface area contributed by atoms with Crippen LogP contribution in [0.3, 0.4) is 0 Å². The summed E-state index contributed by atoms with van der Waals surface area (Å²) in [7, 11) is -3.67. The van der Waals surface area contributed by atoms with Crippen molar-refractivity contribution in [2.75, 3.05) is 5.75 Å². The Kier molecular flexibility index (Phi) is 5.60. The Morgan fingerprint density at radius 3 is 2.66 bits per heavy atom. The zero-order chi connectivity index (χ0) is 21.4. The Balaban J connectivity index is 2.18. The maximum Gasteiger partial charge on any atom is 0.290 e. The average Bonchev–Trinajstić information content (AvgIpc) is 3.10. The molecule has 0 saturated carbocycles. The molecular weight excluding hydrogens is 420 g/mol. The van der Waals surface area contributed by atoms with E-state index in [-0.39, 0.29) is 27.1 Å². The van der Waals surface area contributed by atoms with Crippen LogP contribution in [0.2, 0.25) is 0 Å². The number of alkyl halides is 2. The number of nitrogens with zero attached hydrogens (tertiary/aromatic N) is 5. The third-order valence-electron chi connectivity index (χ3n) is 4.34. The summed E-state index contributed by atoms with van der Waals surface area (Å²) in [6.45, 7) is 4.86. The van der Waals surface area contributed by atoms with E-state index in [1.807, 2.05) is 0 Å². The summed E-state index contributed by atoms with van der Waals surface area (Å²) in [4.78, 5) is 12.5. The Morgan fingerprint density at radius 1 is 1.31 bits per heavy atom. The Labute approximate surface area is 170 Å². The zero-order valence-electron chi connectivity index (χ0n) is 15.8. The molecule has 0 fully saturated rings. The topological polar surface area (TPSA) is 101 Å². The van der Waals surface area contributed by atoms with E-state index in [4.69, 9.17) is 0 Å². The lowest BCUT2D eigenvalue weighted by Crippen LogP contribution is -2.16. The number of thioether (sulfide) groups is 1. The highest BCUT2D eigenvalue weighted by atomic mass is 32.2. The van der Waals surface area contributed by atoms with Gasteiger partial charge in [-0.3, -0.25) is 9.38 Å². The van der Waals surface area contributed by atoms with Crippen LogP contribution in [0.4, 0.5) is 8.78 Å². The number of aromatic nitrogens is 4. The quantitative estimate of drug-likeness (QED) is 0.428. The van der Waals surface area contributed by atoms with Gasteiger partial charge in [0, 0.05) is 18.5 Å². The number of hydrogen-bond acceptors (Lipinski definition) is 7. The van der Waals surface area contributed by atoms with Gasteiger partial charge in [-0.25, -0.2) is 18.4 Å². The minimum atomic E-state index is -3.67. The molecule has 7 nitrogen and oxygen atoms in total. The van der Waals surface area contributed by atoms with Gasteiger partial charge in [0.1, 0.15) is 28.4 Å². The second kappa shape index (κ2) is 7.68. The lowest BCUT2D eigenvalue weighted by Gasteiger charge is -2.17. The van der Waals surface area contributed by atoms with Crippen LogP contribution in [0, 0.1) is 11.3 Å². The van der Waals surface area contributed by atoms with Crippen molar-refractivity contribution in [2.24, 2.45) is 0 Å². The van der Waals surface area contributed by atoms with E-state index in [0.717, 1.165) is 0 Å². The van der Waals surface area contributed by atoms with Crippen LogP contribution in [0.5, 0.6) is 0 Å². The van der Waals surface area contributed by atoms with E-state index in [0.29, 0.717) is 23.0 Å². The van der Waals surface area contributed by atoms with Crippen molar-refractivity contribution in [1.29, 1.82) is 5.26 Å². The average molecular weight is 437 g/mol. The van der Waals surface area contributed by atoms with Crippen LogP contribution in [0.25, 0.3) is 17.0 Å². The van der Waals surface area contributed by atoms with Crippen molar-refractivity contribution in [2.45, 2.75) is 41.9 Å². The number of pyridine rings is 1. The van der Waals surface area contributed by atoms with Crippen LogP contribution in [-0.4, -0.2) is 39.3 Å². The van der Waals surface area contributed by atoms with Crippen molar-refractivity contribution in [3.8, 4) is 17.5 Å². The molecule has 29 heavy (non-hydrogen) atoms. The molecule has 0 bridgehead atoms. The maximum atomic E-state index is 12.7. The number of fused-ring (bicyclic) bond motifs is 1. The van der Waals surface area contributed by atoms with Crippen LogP contribution in [0.15, 0.2) is 40.8 Å². The highest BCUT2D eigenvalue weighted by Crippen LogP contribution is 2.31. The first-order valence-electron chi connectivity index (χ1n) is 8.52. The monoisotopic (exact) mass is 437 g/mol. The van der Waals surface area contributed by atoms with Gasteiger partial charge in [-0.05, 0) is 37.2 Å². The minimum Gasteiger partial charge on any atom is -0.290 e. The van der Waals surface area contributed by atoms with E-state index in [1.54, 1.807) is 13.8 Å². The summed E-state index contributed by atoms with van der Waals surface area (Å²) in [6, 6.07) is 4.97. The van der Waals surface area contributed by atoms with Crippen molar-refractivity contribution in [3.05, 3.63) is 36.4 Å². The van der Waals surface area contributed by atoms with Crippen molar-refractivity contribution >= 4 is 27.2 Å². The second-order valence-corrected chi connectivity index (χ2v) is 9.97. The standard InChI is InChI=1S/C18H17F2N5O2S2/c1-4-29(26,27)13-5-11(18(2,3)9-21)7-22-16(13)12-8-25-10-23-15(28-17(19)20)6-14(25)24-12/h5-8,10,17H,4H2,1-3H3.